The minimum atomic E-state index is -2.65. The summed E-state index contributed by atoms with van der Waals surface area (Å²) >= 11 is 0. The molecule has 0 radical (unpaired) electrons. The molecule has 3 aromatic rings. The largest absolute Gasteiger partial charge is 0.493 e. The molecule has 1 aromatic carbocycles. The smallest absolute Gasteiger partial charge is 0.263 e. The van der Waals surface area contributed by atoms with Gasteiger partial charge in [0, 0.05) is 35.3 Å². The Morgan fingerprint density at radius 2 is 2.06 bits per heavy atom. The van der Waals surface area contributed by atoms with E-state index >= 15 is 0 Å². The van der Waals surface area contributed by atoms with Crippen LogP contribution in [0.3, 0.4) is 0 Å². The van der Waals surface area contributed by atoms with Crippen LogP contribution in [0.4, 0.5) is 13.2 Å². The number of carbonyl (C=O) groups is 1. The molecule has 7 nitrogen and oxygen atoms in total. The lowest BCUT2D eigenvalue weighted by Crippen LogP contribution is -2.46. The summed E-state index contributed by atoms with van der Waals surface area (Å²) in [7, 11) is 0. The van der Waals surface area contributed by atoms with Gasteiger partial charge < -0.3 is 20.8 Å². The summed E-state index contributed by atoms with van der Waals surface area (Å²) in [5.74, 6) is 0.550. The van der Waals surface area contributed by atoms with Crippen LogP contribution in [0.5, 0.6) is 5.75 Å². The maximum Gasteiger partial charge on any atom is 0.263 e. The third kappa shape index (κ3) is 4.84. The van der Waals surface area contributed by atoms with Crippen molar-refractivity contribution < 1.29 is 22.7 Å². The fourth-order valence-corrected chi connectivity index (χ4v) is 4.62. The van der Waals surface area contributed by atoms with Crippen molar-refractivity contribution >= 4 is 16.9 Å². The molecule has 5 rings (SSSR count). The number of nitrogens with two attached hydrogens (primary N) is 1. The highest BCUT2D eigenvalue weighted by Gasteiger charge is 2.31. The highest BCUT2D eigenvalue weighted by Crippen LogP contribution is 2.38. The molecule has 2 aromatic heterocycles. The maximum absolute atomic E-state index is 14.1. The number of rotatable bonds is 7. The van der Waals surface area contributed by atoms with Gasteiger partial charge in [0.1, 0.15) is 29.5 Å². The van der Waals surface area contributed by atoms with Crippen molar-refractivity contribution in [3.63, 3.8) is 0 Å². The molecule has 35 heavy (non-hydrogen) atoms. The van der Waals surface area contributed by atoms with Crippen molar-refractivity contribution in [2.75, 3.05) is 6.61 Å². The van der Waals surface area contributed by atoms with Gasteiger partial charge in [0.15, 0.2) is 0 Å². The molecular formula is C25H28F3N5O2. The zero-order chi connectivity index (χ0) is 24.7. The van der Waals surface area contributed by atoms with Crippen molar-refractivity contribution in [2.45, 2.75) is 63.7 Å². The van der Waals surface area contributed by atoms with Crippen LogP contribution in [0.2, 0.25) is 0 Å². The Bertz CT molecular complexity index is 1240. The summed E-state index contributed by atoms with van der Waals surface area (Å²) in [4.78, 5) is 25.0. The standard InChI is InChI=1S/C25H28F3N5O2/c1-12-20(25(34)33-15-5-6-18(29)17(26)9-15)22-23(32-12)21(30-11-31-22)16-8-14(24(27)28)4-7-19(16)35-10-13-2-3-13/h4,7-8,11,13,15,17-18,24,32H,2-3,5-6,9-10,29H2,1H3,(H,33,34)/t15-,17+,18+/m0/s1. The molecule has 1 amide bonds. The molecule has 10 heteroatoms. The molecule has 0 saturated heterocycles. The first-order chi connectivity index (χ1) is 16.8. The number of halogens is 3. The van der Waals surface area contributed by atoms with Crippen LogP contribution >= 0.6 is 0 Å². The number of ether oxygens (including phenoxy) is 1. The Labute approximate surface area is 200 Å². The first-order valence-electron chi connectivity index (χ1n) is 11.9. The Balaban J connectivity index is 1.50. The summed E-state index contributed by atoms with van der Waals surface area (Å²) in [6, 6.07) is 3.43. The van der Waals surface area contributed by atoms with E-state index in [4.69, 9.17) is 10.5 Å². The van der Waals surface area contributed by atoms with Crippen molar-refractivity contribution in [1.82, 2.24) is 20.3 Å². The maximum atomic E-state index is 14.1. The predicted molar refractivity (Wildman–Crippen MR) is 125 cm³/mol. The average Bonchev–Trinajstić information content (AvgIpc) is 3.59. The summed E-state index contributed by atoms with van der Waals surface area (Å²) in [5, 5.41) is 2.90. The number of aromatic amines is 1. The number of hydrogen-bond acceptors (Lipinski definition) is 5. The first kappa shape index (κ1) is 23.6. The molecule has 2 heterocycles. The number of nitrogens with zero attached hydrogens (tertiary/aromatic N) is 2. The van der Waals surface area contributed by atoms with Crippen LogP contribution < -0.4 is 15.8 Å². The number of alkyl halides is 3. The number of carbonyl (C=O) groups excluding carboxylic acids is 1. The van der Waals surface area contributed by atoms with Crippen LogP contribution in [0, 0.1) is 12.8 Å². The van der Waals surface area contributed by atoms with Gasteiger partial charge in [0.05, 0.1) is 17.7 Å². The summed E-state index contributed by atoms with van der Waals surface area (Å²) < 4.78 is 47.1. The monoisotopic (exact) mass is 487 g/mol. The van der Waals surface area contributed by atoms with Gasteiger partial charge in [-0.05, 0) is 56.7 Å². The van der Waals surface area contributed by atoms with E-state index in [1.165, 1.54) is 24.5 Å². The van der Waals surface area contributed by atoms with E-state index in [2.05, 4.69) is 20.3 Å². The average molecular weight is 488 g/mol. The van der Waals surface area contributed by atoms with Crippen LogP contribution in [-0.4, -0.2) is 45.7 Å². The topological polar surface area (TPSA) is 106 Å². The molecule has 3 atom stereocenters. The highest BCUT2D eigenvalue weighted by molar-refractivity contribution is 6.09. The van der Waals surface area contributed by atoms with Crippen LogP contribution in [0.1, 0.15) is 60.1 Å². The lowest BCUT2D eigenvalue weighted by atomic mass is 9.90. The van der Waals surface area contributed by atoms with E-state index in [9.17, 15) is 18.0 Å². The molecule has 2 aliphatic carbocycles. The minimum Gasteiger partial charge on any atom is -0.493 e. The summed E-state index contributed by atoms with van der Waals surface area (Å²) in [6.07, 6.45) is 0.919. The van der Waals surface area contributed by atoms with Gasteiger partial charge in [0.2, 0.25) is 0 Å². The number of aromatic nitrogens is 3. The van der Waals surface area contributed by atoms with E-state index in [0.717, 1.165) is 12.8 Å². The Kier molecular flexibility index (Phi) is 6.39. The molecule has 2 aliphatic rings. The Hall–Kier alpha value is -3.14. The minimum absolute atomic E-state index is 0.150. The van der Waals surface area contributed by atoms with E-state index in [0.29, 0.717) is 64.7 Å². The number of aryl methyl sites for hydroxylation is 1. The lowest BCUT2D eigenvalue weighted by Gasteiger charge is -2.29. The van der Waals surface area contributed by atoms with Crippen LogP contribution in [0.25, 0.3) is 22.3 Å². The van der Waals surface area contributed by atoms with Gasteiger partial charge in [-0.3, -0.25) is 4.79 Å². The number of amides is 1. The molecule has 0 bridgehead atoms. The van der Waals surface area contributed by atoms with Gasteiger partial charge in [-0.15, -0.1) is 0 Å². The number of hydrogen-bond donors (Lipinski definition) is 3. The molecule has 0 unspecified atom stereocenters. The van der Waals surface area contributed by atoms with Gasteiger partial charge in [-0.25, -0.2) is 23.1 Å². The van der Waals surface area contributed by atoms with Gasteiger partial charge in [-0.2, -0.15) is 0 Å². The Morgan fingerprint density at radius 3 is 2.77 bits per heavy atom. The van der Waals surface area contributed by atoms with E-state index in [1.807, 2.05) is 0 Å². The first-order valence-corrected chi connectivity index (χ1v) is 11.9. The Morgan fingerprint density at radius 1 is 1.26 bits per heavy atom. The highest BCUT2D eigenvalue weighted by atomic mass is 19.3. The second-order valence-electron chi connectivity index (χ2n) is 9.54. The predicted octanol–water partition coefficient (Wildman–Crippen LogP) is 4.61. The number of nitrogens with one attached hydrogen (secondary N) is 2. The van der Waals surface area contributed by atoms with Crippen LogP contribution in [0.15, 0.2) is 24.5 Å². The molecular weight excluding hydrogens is 459 g/mol. The lowest BCUT2D eigenvalue weighted by molar-refractivity contribution is 0.0906. The fourth-order valence-electron chi connectivity index (χ4n) is 4.62. The zero-order valence-electron chi connectivity index (χ0n) is 19.4. The molecule has 186 valence electrons. The fraction of sp³-hybridized carbons (Fsp3) is 0.480. The summed E-state index contributed by atoms with van der Waals surface area (Å²) in [5.41, 5.74) is 8.07. The molecule has 2 saturated carbocycles. The molecule has 2 fully saturated rings. The zero-order valence-corrected chi connectivity index (χ0v) is 19.4. The molecule has 0 aliphatic heterocycles. The number of fused-ring (bicyclic) bond motifs is 1. The van der Waals surface area contributed by atoms with E-state index in [1.54, 1.807) is 6.92 Å². The normalized spacial score (nSPS) is 22.5. The van der Waals surface area contributed by atoms with Gasteiger partial charge in [-0.1, -0.05) is 0 Å². The van der Waals surface area contributed by atoms with Crippen molar-refractivity contribution in [2.24, 2.45) is 11.7 Å². The van der Waals surface area contributed by atoms with Crippen molar-refractivity contribution in [1.29, 1.82) is 0 Å². The second kappa shape index (κ2) is 9.49. The second-order valence-corrected chi connectivity index (χ2v) is 9.54. The third-order valence-electron chi connectivity index (χ3n) is 6.84. The molecule has 0 spiro atoms. The van der Waals surface area contributed by atoms with Crippen LogP contribution in [-0.2, 0) is 0 Å². The third-order valence-corrected chi connectivity index (χ3v) is 6.84. The number of H-pyrrole nitrogens is 1. The quantitative estimate of drug-likeness (QED) is 0.451. The van der Waals surface area contributed by atoms with Gasteiger partial charge in [0.25, 0.3) is 12.3 Å². The van der Waals surface area contributed by atoms with Crippen molar-refractivity contribution in [3.8, 4) is 17.0 Å². The van der Waals surface area contributed by atoms with Gasteiger partial charge >= 0.3 is 0 Å². The summed E-state index contributed by atoms with van der Waals surface area (Å²) in [6.45, 7) is 2.24. The van der Waals surface area contributed by atoms with E-state index < -0.39 is 18.6 Å². The van der Waals surface area contributed by atoms with E-state index in [-0.39, 0.29) is 23.9 Å². The molecule has 4 N–H and O–H groups in total. The van der Waals surface area contributed by atoms with Crippen molar-refractivity contribution in [3.05, 3.63) is 41.3 Å². The SMILES string of the molecule is Cc1[nH]c2c(-c3cc(C(F)F)ccc3OCC3CC3)ncnc2c1C(=O)N[C@H]1CC[C@@H](N)[C@H](F)C1. The number of benzene rings is 1.